The summed E-state index contributed by atoms with van der Waals surface area (Å²) in [5.41, 5.74) is 4.74. The van der Waals surface area contributed by atoms with Gasteiger partial charge in [-0.1, -0.05) is 48.5 Å². The fourth-order valence-electron chi connectivity index (χ4n) is 3.83. The van der Waals surface area contributed by atoms with Crippen LogP contribution in [-0.2, 0) is 28.7 Å². The summed E-state index contributed by atoms with van der Waals surface area (Å²) in [6.45, 7) is 3.56. The summed E-state index contributed by atoms with van der Waals surface area (Å²) in [6, 6.07) is 21.6. The molecule has 0 saturated heterocycles. The molecule has 0 fully saturated rings. The van der Waals surface area contributed by atoms with Crippen LogP contribution in [0, 0.1) is 0 Å². The van der Waals surface area contributed by atoms with Gasteiger partial charge in [0, 0.05) is 25.8 Å². The molecule has 3 aromatic rings. The summed E-state index contributed by atoms with van der Waals surface area (Å²) in [4.78, 5) is 14.5. The molecule has 0 spiro atoms. The second-order valence-corrected chi connectivity index (χ2v) is 10.1. The van der Waals surface area contributed by atoms with Crippen LogP contribution in [0.1, 0.15) is 35.2 Å². The molecule has 0 saturated carbocycles. The van der Waals surface area contributed by atoms with Crippen molar-refractivity contribution in [2.24, 2.45) is 0 Å². The summed E-state index contributed by atoms with van der Waals surface area (Å²) in [5, 5.41) is 6.10. The van der Waals surface area contributed by atoms with Gasteiger partial charge in [-0.3, -0.25) is 0 Å². The molecule has 2 amide bonds. The number of nitrogens with zero attached hydrogens (tertiary/aromatic N) is 1. The van der Waals surface area contributed by atoms with Crippen LogP contribution in [0.4, 0.5) is 10.5 Å². The lowest BCUT2D eigenvalue weighted by atomic mass is 10.1. The van der Waals surface area contributed by atoms with Crippen LogP contribution < -0.4 is 10.6 Å². The molecule has 1 aliphatic heterocycles. The van der Waals surface area contributed by atoms with E-state index in [1.807, 2.05) is 55.5 Å². The highest BCUT2D eigenvalue weighted by Gasteiger charge is 2.19. The largest absolute Gasteiger partial charge is 0.322 e. The predicted octanol–water partition coefficient (Wildman–Crippen LogP) is 4.49. The maximum atomic E-state index is 12.9. The van der Waals surface area contributed by atoms with Crippen LogP contribution in [-0.4, -0.2) is 26.4 Å². The van der Waals surface area contributed by atoms with Crippen LogP contribution in [0.2, 0.25) is 0 Å². The SMILES string of the molecule is CC(c1ccccc1)N(C)C(=O)Nc1ccc(S(=O)(=O)Cc2ccc3c(c2)CNC3)cc1. The van der Waals surface area contributed by atoms with Gasteiger partial charge in [-0.25, -0.2) is 13.2 Å². The van der Waals surface area contributed by atoms with Gasteiger partial charge in [-0.2, -0.15) is 0 Å². The molecule has 166 valence electrons. The zero-order valence-corrected chi connectivity index (χ0v) is 19.0. The van der Waals surface area contributed by atoms with E-state index >= 15 is 0 Å². The summed E-state index contributed by atoms with van der Waals surface area (Å²) in [6.07, 6.45) is 0. The molecule has 1 unspecified atom stereocenters. The van der Waals surface area contributed by atoms with E-state index in [1.165, 1.54) is 5.56 Å². The summed E-state index contributed by atoms with van der Waals surface area (Å²) in [5.74, 6) is -0.0523. The minimum atomic E-state index is -3.49. The Morgan fingerprint density at radius 1 is 1.00 bits per heavy atom. The predicted molar refractivity (Wildman–Crippen MR) is 126 cm³/mol. The second kappa shape index (κ2) is 9.14. The number of amides is 2. The van der Waals surface area contributed by atoms with Crippen molar-refractivity contribution in [1.82, 2.24) is 10.2 Å². The van der Waals surface area contributed by atoms with Crippen LogP contribution >= 0.6 is 0 Å². The highest BCUT2D eigenvalue weighted by Crippen LogP contribution is 2.23. The molecule has 0 radical (unpaired) electrons. The number of rotatable bonds is 6. The van der Waals surface area contributed by atoms with E-state index in [0.717, 1.165) is 29.8 Å². The molecule has 1 atom stereocenters. The number of sulfone groups is 1. The standard InChI is InChI=1S/C25H27N3O3S/c1-18(20-6-4-3-5-7-20)28(2)25(29)27-23-10-12-24(13-11-23)32(30,31)17-19-8-9-21-15-26-16-22(21)14-19/h3-14,18,26H,15-17H2,1-2H3,(H,27,29). The normalized spacial score (nSPS) is 13.9. The minimum absolute atomic E-state index is 0.0523. The highest BCUT2D eigenvalue weighted by atomic mass is 32.2. The van der Waals surface area contributed by atoms with Gasteiger partial charge in [-0.05, 0) is 53.4 Å². The quantitative estimate of drug-likeness (QED) is 0.581. The van der Waals surface area contributed by atoms with Crippen molar-refractivity contribution < 1.29 is 13.2 Å². The molecule has 2 N–H and O–H groups in total. The van der Waals surface area contributed by atoms with Crippen LogP contribution in [0.25, 0.3) is 0 Å². The lowest BCUT2D eigenvalue weighted by Crippen LogP contribution is -2.33. The number of carbonyl (C=O) groups is 1. The van der Waals surface area contributed by atoms with Gasteiger partial charge in [0.05, 0.1) is 16.7 Å². The van der Waals surface area contributed by atoms with Crippen molar-refractivity contribution in [3.8, 4) is 0 Å². The van der Waals surface area contributed by atoms with E-state index in [0.29, 0.717) is 5.69 Å². The van der Waals surface area contributed by atoms with Crippen LogP contribution in [0.5, 0.6) is 0 Å². The van der Waals surface area contributed by atoms with Crippen molar-refractivity contribution in [3.05, 3.63) is 95.1 Å². The Morgan fingerprint density at radius 3 is 2.41 bits per heavy atom. The fraction of sp³-hybridized carbons (Fsp3) is 0.240. The van der Waals surface area contributed by atoms with Crippen molar-refractivity contribution in [1.29, 1.82) is 0 Å². The Morgan fingerprint density at radius 2 is 1.69 bits per heavy atom. The lowest BCUT2D eigenvalue weighted by molar-refractivity contribution is 0.208. The Balaban J connectivity index is 1.41. The average Bonchev–Trinajstić information content (AvgIpc) is 3.26. The third-order valence-electron chi connectivity index (χ3n) is 5.91. The van der Waals surface area contributed by atoms with Crippen LogP contribution in [0.3, 0.4) is 0 Å². The topological polar surface area (TPSA) is 78.5 Å². The van der Waals surface area contributed by atoms with E-state index in [1.54, 1.807) is 36.2 Å². The first-order valence-electron chi connectivity index (χ1n) is 10.6. The molecule has 3 aromatic carbocycles. The van der Waals surface area contributed by atoms with E-state index in [-0.39, 0.29) is 22.7 Å². The molecule has 0 aromatic heterocycles. The van der Waals surface area contributed by atoms with Gasteiger partial charge in [0.25, 0.3) is 0 Å². The van der Waals surface area contributed by atoms with Gasteiger partial charge >= 0.3 is 6.03 Å². The first-order chi connectivity index (χ1) is 15.3. The molecule has 7 heteroatoms. The fourth-order valence-corrected chi connectivity index (χ4v) is 5.16. The van der Waals surface area contributed by atoms with Crippen molar-refractivity contribution in [2.45, 2.75) is 36.7 Å². The Labute approximate surface area is 189 Å². The number of hydrogen-bond donors (Lipinski definition) is 2. The first-order valence-corrected chi connectivity index (χ1v) is 12.2. The number of anilines is 1. The monoisotopic (exact) mass is 449 g/mol. The lowest BCUT2D eigenvalue weighted by Gasteiger charge is -2.25. The van der Waals surface area contributed by atoms with Crippen molar-refractivity contribution in [2.75, 3.05) is 12.4 Å². The maximum Gasteiger partial charge on any atom is 0.322 e. The molecule has 6 nitrogen and oxygen atoms in total. The Hall–Kier alpha value is -3.16. The van der Waals surface area contributed by atoms with Gasteiger partial charge < -0.3 is 15.5 Å². The number of carbonyl (C=O) groups excluding carboxylic acids is 1. The number of nitrogens with one attached hydrogen (secondary N) is 2. The Kier molecular flexibility index (Phi) is 6.30. The van der Waals surface area contributed by atoms with Crippen LogP contribution in [0.15, 0.2) is 77.7 Å². The number of benzene rings is 3. The molecular formula is C25H27N3O3S. The van der Waals surface area contributed by atoms with E-state index in [4.69, 9.17) is 0 Å². The molecule has 1 heterocycles. The maximum absolute atomic E-state index is 12.9. The smallest absolute Gasteiger partial charge is 0.321 e. The zero-order chi connectivity index (χ0) is 22.7. The molecule has 32 heavy (non-hydrogen) atoms. The van der Waals surface area contributed by atoms with Gasteiger partial charge in [0.15, 0.2) is 9.84 Å². The molecular weight excluding hydrogens is 422 g/mol. The van der Waals surface area contributed by atoms with Gasteiger partial charge in [0.2, 0.25) is 0 Å². The summed E-state index contributed by atoms with van der Waals surface area (Å²) in [7, 11) is -1.75. The summed E-state index contributed by atoms with van der Waals surface area (Å²) < 4.78 is 25.8. The van der Waals surface area contributed by atoms with E-state index in [2.05, 4.69) is 10.6 Å². The summed E-state index contributed by atoms with van der Waals surface area (Å²) >= 11 is 0. The minimum Gasteiger partial charge on any atom is -0.321 e. The zero-order valence-electron chi connectivity index (χ0n) is 18.2. The second-order valence-electron chi connectivity index (χ2n) is 8.12. The molecule has 0 aliphatic carbocycles. The average molecular weight is 450 g/mol. The number of hydrogen-bond acceptors (Lipinski definition) is 4. The molecule has 1 aliphatic rings. The third-order valence-corrected chi connectivity index (χ3v) is 7.61. The van der Waals surface area contributed by atoms with Crippen molar-refractivity contribution in [3.63, 3.8) is 0 Å². The number of urea groups is 1. The Bertz CT molecular complexity index is 1210. The third kappa shape index (κ3) is 4.84. The highest BCUT2D eigenvalue weighted by molar-refractivity contribution is 7.90. The number of fused-ring (bicyclic) bond motifs is 1. The van der Waals surface area contributed by atoms with Gasteiger partial charge in [0.1, 0.15) is 0 Å². The van der Waals surface area contributed by atoms with Crippen molar-refractivity contribution >= 4 is 21.6 Å². The van der Waals surface area contributed by atoms with Gasteiger partial charge in [-0.15, -0.1) is 0 Å². The van der Waals surface area contributed by atoms with E-state index < -0.39 is 9.84 Å². The molecule has 0 bridgehead atoms. The first kappa shape index (κ1) is 22.0. The van der Waals surface area contributed by atoms with E-state index in [9.17, 15) is 13.2 Å². The molecule has 4 rings (SSSR count).